The molecule has 2 aromatic rings. The molecule has 0 bridgehead atoms. The predicted octanol–water partition coefficient (Wildman–Crippen LogP) is 4.29. The van der Waals surface area contributed by atoms with Crippen LogP contribution in [0.5, 0.6) is 5.75 Å². The summed E-state index contributed by atoms with van der Waals surface area (Å²) in [6.07, 6.45) is 0.696. The average molecular weight is 417 g/mol. The van der Waals surface area contributed by atoms with Gasteiger partial charge in [-0.25, -0.2) is 0 Å². The minimum absolute atomic E-state index is 0.0829. The number of rotatable bonds is 5. The molecule has 3 rings (SSSR count). The van der Waals surface area contributed by atoms with Crippen molar-refractivity contribution >= 4 is 39.1 Å². The monoisotopic (exact) mass is 416 g/mol. The Morgan fingerprint density at radius 3 is 2.73 bits per heavy atom. The van der Waals surface area contributed by atoms with Gasteiger partial charge in [-0.15, -0.1) is 0 Å². The second kappa shape index (κ2) is 7.91. The molecule has 0 saturated carbocycles. The number of hydrogen-bond acceptors (Lipinski definition) is 3. The van der Waals surface area contributed by atoms with E-state index in [1.54, 1.807) is 17.9 Å². The number of halogens is 1. The number of benzene rings is 2. The van der Waals surface area contributed by atoms with Crippen LogP contribution >= 0.6 is 15.9 Å². The van der Waals surface area contributed by atoms with Gasteiger partial charge in [0.05, 0.1) is 15.8 Å². The number of amides is 2. The van der Waals surface area contributed by atoms with Crippen molar-refractivity contribution in [1.82, 2.24) is 0 Å². The lowest BCUT2D eigenvalue weighted by atomic mass is 10.2. The van der Waals surface area contributed by atoms with Gasteiger partial charge in [-0.1, -0.05) is 18.2 Å². The molecule has 0 aliphatic carbocycles. The van der Waals surface area contributed by atoms with Crippen LogP contribution in [-0.4, -0.2) is 24.5 Å². The fourth-order valence-corrected chi connectivity index (χ4v) is 3.48. The van der Waals surface area contributed by atoms with Crippen LogP contribution in [0.15, 0.2) is 46.9 Å². The van der Waals surface area contributed by atoms with Crippen molar-refractivity contribution < 1.29 is 14.3 Å². The van der Waals surface area contributed by atoms with Crippen molar-refractivity contribution in [3.05, 3.63) is 52.5 Å². The van der Waals surface area contributed by atoms with Gasteiger partial charge in [-0.2, -0.15) is 0 Å². The number of anilines is 2. The Kier molecular flexibility index (Phi) is 5.61. The van der Waals surface area contributed by atoms with E-state index >= 15 is 0 Å². The molecular weight excluding hydrogens is 396 g/mol. The maximum absolute atomic E-state index is 12.6. The smallest absolute Gasteiger partial charge is 0.265 e. The molecule has 6 heteroatoms. The zero-order chi connectivity index (χ0) is 18.7. The first-order valence-electron chi connectivity index (χ1n) is 8.59. The van der Waals surface area contributed by atoms with Crippen LogP contribution in [0.25, 0.3) is 0 Å². The Balaban J connectivity index is 1.72. The third-order valence-electron chi connectivity index (χ3n) is 4.29. The number of nitrogens with one attached hydrogen (secondary N) is 1. The number of nitrogens with zero attached hydrogens (tertiary/aromatic N) is 1. The molecular formula is C20H21BrN2O3. The lowest BCUT2D eigenvalue weighted by Crippen LogP contribution is -2.32. The van der Waals surface area contributed by atoms with Gasteiger partial charge in [0.2, 0.25) is 5.91 Å². The Morgan fingerprint density at radius 1 is 1.27 bits per heavy atom. The minimum Gasteiger partial charge on any atom is -0.480 e. The van der Waals surface area contributed by atoms with E-state index in [-0.39, 0.29) is 11.8 Å². The van der Waals surface area contributed by atoms with Crippen LogP contribution in [0.1, 0.15) is 25.3 Å². The Bertz CT molecular complexity index is 838. The predicted molar refractivity (Wildman–Crippen MR) is 106 cm³/mol. The van der Waals surface area contributed by atoms with Crippen LogP contribution in [0.4, 0.5) is 11.4 Å². The van der Waals surface area contributed by atoms with E-state index in [9.17, 15) is 9.59 Å². The molecule has 1 unspecified atom stereocenters. The van der Waals surface area contributed by atoms with Gasteiger partial charge < -0.3 is 15.0 Å². The fourth-order valence-electron chi connectivity index (χ4n) is 2.90. The van der Waals surface area contributed by atoms with Crippen LogP contribution < -0.4 is 15.0 Å². The van der Waals surface area contributed by atoms with Gasteiger partial charge >= 0.3 is 0 Å². The zero-order valence-electron chi connectivity index (χ0n) is 14.8. The van der Waals surface area contributed by atoms with E-state index in [0.29, 0.717) is 24.4 Å². The number of ether oxygens (including phenoxy) is 1. The Morgan fingerprint density at radius 2 is 2.04 bits per heavy atom. The molecule has 2 aromatic carbocycles. The van der Waals surface area contributed by atoms with E-state index < -0.39 is 6.10 Å². The van der Waals surface area contributed by atoms with Crippen LogP contribution in [-0.2, 0) is 9.59 Å². The molecule has 0 radical (unpaired) electrons. The molecule has 5 nitrogen and oxygen atoms in total. The summed E-state index contributed by atoms with van der Waals surface area (Å²) in [6.45, 7) is 4.36. The van der Waals surface area contributed by atoms with Gasteiger partial charge in [0, 0.05) is 13.0 Å². The van der Waals surface area contributed by atoms with Crippen molar-refractivity contribution in [3.8, 4) is 5.75 Å². The highest BCUT2D eigenvalue weighted by Gasteiger charge is 2.25. The molecule has 0 aromatic heterocycles. The van der Waals surface area contributed by atoms with E-state index in [4.69, 9.17) is 4.74 Å². The van der Waals surface area contributed by atoms with Gasteiger partial charge in [0.15, 0.2) is 6.10 Å². The molecule has 1 aliphatic rings. The maximum atomic E-state index is 12.6. The SMILES string of the molecule is Cc1ccc(OC(C)C(=O)Nc2ccccc2N2CCCC2=O)c(Br)c1. The normalized spacial score (nSPS) is 15.0. The second-order valence-electron chi connectivity index (χ2n) is 6.35. The summed E-state index contributed by atoms with van der Waals surface area (Å²) >= 11 is 3.45. The second-order valence-corrected chi connectivity index (χ2v) is 7.20. The molecule has 0 spiro atoms. The Hall–Kier alpha value is -2.34. The van der Waals surface area contributed by atoms with Gasteiger partial charge in [0.1, 0.15) is 5.75 Å². The summed E-state index contributed by atoms with van der Waals surface area (Å²) < 4.78 is 6.59. The van der Waals surface area contributed by atoms with E-state index in [1.165, 1.54) is 0 Å². The highest BCUT2D eigenvalue weighted by atomic mass is 79.9. The topological polar surface area (TPSA) is 58.6 Å². The zero-order valence-corrected chi connectivity index (χ0v) is 16.4. The minimum atomic E-state index is -0.684. The molecule has 1 saturated heterocycles. The molecule has 2 amide bonds. The number of para-hydroxylation sites is 2. The third kappa shape index (κ3) is 4.07. The van der Waals surface area contributed by atoms with Crippen molar-refractivity contribution in [3.63, 3.8) is 0 Å². The molecule has 1 aliphatic heterocycles. The van der Waals surface area contributed by atoms with Crippen LogP contribution in [0.3, 0.4) is 0 Å². The van der Waals surface area contributed by atoms with Crippen LogP contribution in [0, 0.1) is 6.92 Å². The molecule has 136 valence electrons. The number of carbonyl (C=O) groups excluding carboxylic acids is 2. The lowest BCUT2D eigenvalue weighted by Gasteiger charge is -2.21. The highest BCUT2D eigenvalue weighted by Crippen LogP contribution is 2.30. The number of hydrogen-bond donors (Lipinski definition) is 1. The number of carbonyl (C=O) groups is 2. The lowest BCUT2D eigenvalue weighted by molar-refractivity contribution is -0.122. The van der Waals surface area contributed by atoms with Gasteiger partial charge in [-0.3, -0.25) is 9.59 Å². The van der Waals surface area contributed by atoms with Crippen molar-refractivity contribution in [1.29, 1.82) is 0 Å². The quantitative estimate of drug-likeness (QED) is 0.790. The molecule has 1 N–H and O–H groups in total. The average Bonchev–Trinajstić information content (AvgIpc) is 3.03. The number of aryl methyl sites for hydroxylation is 1. The summed E-state index contributed by atoms with van der Waals surface area (Å²) in [7, 11) is 0. The van der Waals surface area contributed by atoms with E-state index in [1.807, 2.05) is 43.3 Å². The standard InChI is InChI=1S/C20H21BrN2O3/c1-13-9-10-18(15(21)12-13)26-14(2)20(25)22-16-6-3-4-7-17(16)23-11-5-8-19(23)24/h3-4,6-7,9-10,12,14H,5,8,11H2,1-2H3,(H,22,25). The van der Waals surface area contributed by atoms with Crippen molar-refractivity contribution in [2.75, 3.05) is 16.8 Å². The highest BCUT2D eigenvalue weighted by molar-refractivity contribution is 9.10. The largest absolute Gasteiger partial charge is 0.480 e. The summed E-state index contributed by atoms with van der Waals surface area (Å²) in [5, 5.41) is 2.89. The van der Waals surface area contributed by atoms with Gasteiger partial charge in [-0.05, 0) is 66.0 Å². The third-order valence-corrected chi connectivity index (χ3v) is 4.91. The maximum Gasteiger partial charge on any atom is 0.265 e. The summed E-state index contributed by atoms with van der Waals surface area (Å²) in [5.74, 6) is 0.428. The molecule has 26 heavy (non-hydrogen) atoms. The van der Waals surface area contributed by atoms with Gasteiger partial charge in [0.25, 0.3) is 5.91 Å². The van der Waals surface area contributed by atoms with Crippen LogP contribution in [0.2, 0.25) is 0 Å². The summed E-state index contributed by atoms with van der Waals surface area (Å²) in [4.78, 5) is 26.3. The first kappa shape index (κ1) is 18.5. The summed E-state index contributed by atoms with van der Waals surface area (Å²) in [5.41, 5.74) is 2.45. The first-order valence-corrected chi connectivity index (χ1v) is 9.38. The van der Waals surface area contributed by atoms with E-state index in [0.717, 1.165) is 22.1 Å². The fraction of sp³-hybridized carbons (Fsp3) is 0.300. The molecule has 1 fully saturated rings. The Labute approximate surface area is 161 Å². The van der Waals surface area contributed by atoms with Crippen molar-refractivity contribution in [2.45, 2.75) is 32.8 Å². The molecule has 1 heterocycles. The first-order chi connectivity index (χ1) is 12.5. The summed E-state index contributed by atoms with van der Waals surface area (Å²) in [6, 6.07) is 13.0. The van der Waals surface area contributed by atoms with Crippen molar-refractivity contribution in [2.24, 2.45) is 0 Å². The van der Waals surface area contributed by atoms with E-state index in [2.05, 4.69) is 21.2 Å². The molecule has 1 atom stereocenters.